The molecule has 0 unspecified atom stereocenters. The van der Waals surface area contributed by atoms with E-state index in [0.717, 1.165) is 10.9 Å². The van der Waals surface area contributed by atoms with E-state index in [1.165, 1.54) is 4.88 Å². The quantitative estimate of drug-likeness (QED) is 0.760. The zero-order valence-corrected chi connectivity index (χ0v) is 11.1. The van der Waals surface area contributed by atoms with E-state index in [0.29, 0.717) is 13.0 Å². The molecule has 0 aliphatic heterocycles. The minimum Gasteiger partial charge on any atom is -0.341 e. The first-order chi connectivity index (χ1) is 7.13. The Morgan fingerprint density at radius 3 is 3.00 bits per heavy atom. The second-order valence-corrected chi connectivity index (χ2v) is 5.22. The maximum Gasteiger partial charge on any atom is 0.222 e. The Kier molecular flexibility index (Phi) is 5.05. The van der Waals surface area contributed by atoms with Crippen molar-refractivity contribution in [1.29, 1.82) is 0 Å². The van der Waals surface area contributed by atoms with E-state index in [9.17, 15) is 4.79 Å². The maximum atomic E-state index is 11.6. The number of hydrogen-bond acceptors (Lipinski definition) is 2. The molecule has 15 heavy (non-hydrogen) atoms. The van der Waals surface area contributed by atoms with Gasteiger partial charge >= 0.3 is 0 Å². The van der Waals surface area contributed by atoms with Crippen LogP contribution in [0.4, 0.5) is 0 Å². The van der Waals surface area contributed by atoms with Gasteiger partial charge in [0, 0.05) is 28.2 Å². The standard InChI is InChI=1S/C11H14BrNOS/c1-3-4-5-11(14)13(2)7-10-6-9(12)8-15-10/h3,6,8H,1,4-5,7H2,2H3. The van der Waals surface area contributed by atoms with Crippen LogP contribution in [-0.4, -0.2) is 17.9 Å². The van der Waals surface area contributed by atoms with E-state index < -0.39 is 0 Å². The molecule has 0 aliphatic rings. The van der Waals surface area contributed by atoms with Gasteiger partial charge in [0.15, 0.2) is 0 Å². The molecule has 1 rings (SSSR count). The highest BCUT2D eigenvalue weighted by Gasteiger charge is 2.09. The lowest BCUT2D eigenvalue weighted by Gasteiger charge is -2.15. The predicted octanol–water partition coefficient (Wildman–Crippen LogP) is 3.44. The first-order valence-corrected chi connectivity index (χ1v) is 6.38. The summed E-state index contributed by atoms with van der Waals surface area (Å²) in [7, 11) is 1.83. The average molecular weight is 288 g/mol. The predicted molar refractivity (Wildman–Crippen MR) is 67.9 cm³/mol. The molecule has 2 nitrogen and oxygen atoms in total. The van der Waals surface area contributed by atoms with E-state index >= 15 is 0 Å². The van der Waals surface area contributed by atoms with Gasteiger partial charge in [0.1, 0.15) is 0 Å². The SMILES string of the molecule is C=CCCC(=O)N(C)Cc1cc(Br)cs1. The fraction of sp³-hybridized carbons (Fsp3) is 0.364. The summed E-state index contributed by atoms with van der Waals surface area (Å²) in [6, 6.07) is 2.04. The molecule has 0 N–H and O–H groups in total. The Labute approximate surface area is 103 Å². The van der Waals surface area contributed by atoms with E-state index in [1.807, 2.05) is 18.5 Å². The number of nitrogens with zero attached hydrogens (tertiary/aromatic N) is 1. The molecule has 82 valence electrons. The minimum atomic E-state index is 0.166. The number of carbonyl (C=O) groups excluding carboxylic acids is 1. The third-order valence-electron chi connectivity index (χ3n) is 2.00. The number of halogens is 1. The van der Waals surface area contributed by atoms with Gasteiger partial charge in [-0.05, 0) is 28.4 Å². The Balaban J connectivity index is 2.44. The number of allylic oxidation sites excluding steroid dienone is 1. The molecule has 1 heterocycles. The monoisotopic (exact) mass is 287 g/mol. The van der Waals surface area contributed by atoms with Crippen molar-refractivity contribution in [3.8, 4) is 0 Å². The number of amides is 1. The van der Waals surface area contributed by atoms with E-state index in [-0.39, 0.29) is 5.91 Å². The van der Waals surface area contributed by atoms with Gasteiger partial charge in [-0.2, -0.15) is 0 Å². The lowest BCUT2D eigenvalue weighted by atomic mass is 10.3. The molecular formula is C11H14BrNOS. The molecule has 1 amide bonds. The zero-order chi connectivity index (χ0) is 11.3. The minimum absolute atomic E-state index is 0.166. The largest absolute Gasteiger partial charge is 0.341 e. The second kappa shape index (κ2) is 6.08. The zero-order valence-electron chi connectivity index (χ0n) is 8.70. The van der Waals surface area contributed by atoms with Crippen LogP contribution in [0.3, 0.4) is 0 Å². The van der Waals surface area contributed by atoms with E-state index in [4.69, 9.17) is 0 Å². The summed E-state index contributed by atoms with van der Waals surface area (Å²) in [5, 5.41) is 2.03. The number of thiophene rings is 1. The van der Waals surface area contributed by atoms with Gasteiger partial charge in [-0.15, -0.1) is 17.9 Å². The molecule has 0 fully saturated rings. The van der Waals surface area contributed by atoms with Crippen LogP contribution < -0.4 is 0 Å². The Morgan fingerprint density at radius 1 is 1.73 bits per heavy atom. The Hall–Kier alpha value is -0.610. The molecule has 0 aliphatic carbocycles. The number of rotatable bonds is 5. The molecule has 0 atom stereocenters. The smallest absolute Gasteiger partial charge is 0.222 e. The molecule has 0 spiro atoms. The van der Waals surface area contributed by atoms with Gasteiger partial charge < -0.3 is 4.90 Å². The summed E-state index contributed by atoms with van der Waals surface area (Å²) in [6.45, 7) is 4.29. The fourth-order valence-corrected chi connectivity index (χ4v) is 2.68. The van der Waals surface area contributed by atoms with Crippen molar-refractivity contribution in [2.45, 2.75) is 19.4 Å². The van der Waals surface area contributed by atoms with Gasteiger partial charge in [-0.3, -0.25) is 4.79 Å². The van der Waals surface area contributed by atoms with Crippen LogP contribution in [0.1, 0.15) is 17.7 Å². The lowest BCUT2D eigenvalue weighted by molar-refractivity contribution is -0.130. The Bertz CT molecular complexity index is 348. The van der Waals surface area contributed by atoms with E-state index in [1.54, 1.807) is 22.3 Å². The molecule has 1 aromatic heterocycles. The van der Waals surface area contributed by atoms with Crippen LogP contribution in [0, 0.1) is 0 Å². The van der Waals surface area contributed by atoms with Crippen molar-refractivity contribution in [2.75, 3.05) is 7.05 Å². The third-order valence-corrected chi connectivity index (χ3v) is 3.69. The molecule has 0 bridgehead atoms. The first kappa shape index (κ1) is 12.5. The van der Waals surface area contributed by atoms with Crippen molar-refractivity contribution in [3.05, 3.63) is 33.5 Å². The van der Waals surface area contributed by atoms with Gasteiger partial charge in [0.25, 0.3) is 0 Å². The third kappa shape index (κ3) is 4.18. The van der Waals surface area contributed by atoms with Gasteiger partial charge in [0.05, 0.1) is 6.54 Å². The average Bonchev–Trinajstić information content (AvgIpc) is 2.60. The topological polar surface area (TPSA) is 20.3 Å². The summed E-state index contributed by atoms with van der Waals surface area (Å²) in [5.41, 5.74) is 0. The van der Waals surface area contributed by atoms with Crippen LogP contribution in [0.15, 0.2) is 28.6 Å². The van der Waals surface area contributed by atoms with Crippen molar-refractivity contribution >= 4 is 33.2 Å². The molecule has 0 radical (unpaired) electrons. The van der Waals surface area contributed by atoms with Crippen molar-refractivity contribution in [2.24, 2.45) is 0 Å². The van der Waals surface area contributed by atoms with Crippen molar-refractivity contribution in [3.63, 3.8) is 0 Å². The van der Waals surface area contributed by atoms with Crippen LogP contribution in [0.5, 0.6) is 0 Å². The summed E-state index contributed by atoms with van der Waals surface area (Å²) >= 11 is 5.05. The fourth-order valence-electron chi connectivity index (χ4n) is 1.18. The second-order valence-electron chi connectivity index (χ2n) is 3.31. The highest BCUT2D eigenvalue weighted by atomic mass is 79.9. The molecule has 0 saturated heterocycles. The molecule has 4 heteroatoms. The molecule has 0 saturated carbocycles. The molecular weight excluding hydrogens is 274 g/mol. The molecule has 0 aromatic carbocycles. The summed E-state index contributed by atoms with van der Waals surface area (Å²) < 4.78 is 1.08. The normalized spacial score (nSPS) is 10.0. The van der Waals surface area contributed by atoms with Gasteiger partial charge in [0.2, 0.25) is 5.91 Å². The summed E-state index contributed by atoms with van der Waals surface area (Å²) in [5.74, 6) is 0.166. The Morgan fingerprint density at radius 2 is 2.47 bits per heavy atom. The summed E-state index contributed by atoms with van der Waals surface area (Å²) in [6.07, 6.45) is 3.07. The van der Waals surface area contributed by atoms with Crippen molar-refractivity contribution in [1.82, 2.24) is 4.90 Å². The molecule has 1 aromatic rings. The number of hydrogen-bond donors (Lipinski definition) is 0. The number of carbonyl (C=O) groups is 1. The van der Waals surface area contributed by atoms with Crippen LogP contribution >= 0.6 is 27.3 Å². The van der Waals surface area contributed by atoms with Crippen molar-refractivity contribution < 1.29 is 4.79 Å². The lowest BCUT2D eigenvalue weighted by Crippen LogP contribution is -2.25. The van der Waals surface area contributed by atoms with Crippen LogP contribution in [-0.2, 0) is 11.3 Å². The van der Waals surface area contributed by atoms with Crippen LogP contribution in [0.25, 0.3) is 0 Å². The highest BCUT2D eigenvalue weighted by molar-refractivity contribution is 9.10. The van der Waals surface area contributed by atoms with Crippen LogP contribution in [0.2, 0.25) is 0 Å². The maximum absolute atomic E-state index is 11.6. The van der Waals surface area contributed by atoms with Gasteiger partial charge in [-0.1, -0.05) is 6.08 Å². The summed E-state index contributed by atoms with van der Waals surface area (Å²) in [4.78, 5) is 14.5. The first-order valence-electron chi connectivity index (χ1n) is 4.71. The highest BCUT2D eigenvalue weighted by Crippen LogP contribution is 2.20. The van der Waals surface area contributed by atoms with Gasteiger partial charge in [-0.25, -0.2) is 0 Å². The van der Waals surface area contributed by atoms with E-state index in [2.05, 4.69) is 22.5 Å².